The zero-order valence-corrected chi connectivity index (χ0v) is 13.9. The van der Waals surface area contributed by atoms with Gasteiger partial charge in [-0.2, -0.15) is 0 Å². The van der Waals surface area contributed by atoms with Crippen molar-refractivity contribution in [1.82, 2.24) is 4.90 Å². The number of carboxylic acid groups (broad SMARTS) is 1. The van der Waals surface area contributed by atoms with Crippen molar-refractivity contribution >= 4 is 11.9 Å². The molecule has 23 heavy (non-hydrogen) atoms. The number of hydrogen-bond acceptors (Lipinski definition) is 2. The predicted octanol–water partition coefficient (Wildman–Crippen LogP) is 3.28. The van der Waals surface area contributed by atoms with Crippen molar-refractivity contribution in [3.05, 3.63) is 35.6 Å². The van der Waals surface area contributed by atoms with Crippen molar-refractivity contribution in [1.29, 1.82) is 0 Å². The second kappa shape index (κ2) is 6.69. The van der Waals surface area contributed by atoms with Crippen LogP contribution in [0.5, 0.6) is 0 Å². The molecule has 0 aliphatic carbocycles. The van der Waals surface area contributed by atoms with E-state index >= 15 is 0 Å². The van der Waals surface area contributed by atoms with E-state index in [4.69, 9.17) is 0 Å². The van der Waals surface area contributed by atoms with Gasteiger partial charge in [0.25, 0.3) is 0 Å². The molecule has 2 unspecified atom stereocenters. The molecule has 1 aliphatic rings. The van der Waals surface area contributed by atoms with Gasteiger partial charge in [0.15, 0.2) is 0 Å². The molecular weight excluding hydrogens is 297 g/mol. The molecule has 2 atom stereocenters. The smallest absolute Gasteiger partial charge is 0.311 e. The summed E-state index contributed by atoms with van der Waals surface area (Å²) in [5.41, 5.74) is -0.343. The Labute approximate surface area is 136 Å². The number of nitrogens with zero attached hydrogens (tertiary/aromatic N) is 1. The second-order valence-electron chi connectivity index (χ2n) is 6.81. The first-order chi connectivity index (χ1) is 10.8. The number of rotatable bonds is 5. The third-order valence-electron chi connectivity index (χ3n) is 5.10. The van der Waals surface area contributed by atoms with Gasteiger partial charge in [-0.3, -0.25) is 9.59 Å². The van der Waals surface area contributed by atoms with E-state index in [1.54, 1.807) is 23.1 Å². The first-order valence-corrected chi connectivity index (χ1v) is 8.03. The Hall–Kier alpha value is -1.91. The summed E-state index contributed by atoms with van der Waals surface area (Å²) in [6, 6.07) is 6.45. The molecule has 1 aromatic carbocycles. The summed E-state index contributed by atoms with van der Waals surface area (Å²) in [6.07, 6.45) is 0.661. The van der Waals surface area contributed by atoms with Gasteiger partial charge < -0.3 is 10.0 Å². The van der Waals surface area contributed by atoms with E-state index < -0.39 is 11.4 Å². The van der Waals surface area contributed by atoms with E-state index in [-0.39, 0.29) is 36.5 Å². The number of carbonyl (C=O) groups excluding carboxylic acids is 1. The van der Waals surface area contributed by atoms with Gasteiger partial charge in [-0.15, -0.1) is 0 Å². The number of halogens is 1. The topological polar surface area (TPSA) is 57.6 Å². The van der Waals surface area contributed by atoms with E-state index in [2.05, 4.69) is 0 Å². The molecule has 1 N–H and O–H groups in total. The Morgan fingerprint density at radius 3 is 2.48 bits per heavy atom. The molecule has 1 aromatic rings. The molecule has 1 saturated heterocycles. The lowest BCUT2D eigenvalue weighted by Gasteiger charge is -2.29. The fraction of sp³-hybridized carbons (Fsp3) is 0.556. The Balaban J connectivity index is 2.05. The number of likely N-dealkylation sites (tertiary alicyclic amines) is 1. The molecule has 0 bridgehead atoms. The minimum atomic E-state index is -0.864. The summed E-state index contributed by atoms with van der Waals surface area (Å²) in [5, 5.41) is 9.54. The molecule has 5 heteroatoms. The number of aliphatic carboxylic acids is 1. The summed E-state index contributed by atoms with van der Waals surface area (Å²) in [6.45, 7) is 6.27. The SMILES string of the molecule is CC(CC(=O)N1CCC(C(=O)O)(C(C)C)C1)c1ccccc1F. The van der Waals surface area contributed by atoms with E-state index in [1.165, 1.54) is 6.07 Å². The maximum Gasteiger partial charge on any atom is 0.311 e. The fourth-order valence-corrected chi connectivity index (χ4v) is 3.31. The third kappa shape index (κ3) is 3.38. The molecule has 1 aliphatic heterocycles. The van der Waals surface area contributed by atoms with Gasteiger partial charge in [-0.1, -0.05) is 39.0 Å². The van der Waals surface area contributed by atoms with Crippen LogP contribution in [0.4, 0.5) is 4.39 Å². The molecular formula is C18H24FNO3. The number of benzene rings is 1. The quantitative estimate of drug-likeness (QED) is 0.905. The Bertz CT molecular complexity index is 602. The van der Waals surface area contributed by atoms with Crippen molar-refractivity contribution in [3.8, 4) is 0 Å². The zero-order valence-electron chi connectivity index (χ0n) is 13.9. The summed E-state index contributed by atoms with van der Waals surface area (Å²) >= 11 is 0. The van der Waals surface area contributed by atoms with Crippen LogP contribution in [-0.4, -0.2) is 35.0 Å². The Morgan fingerprint density at radius 2 is 1.96 bits per heavy atom. The van der Waals surface area contributed by atoms with E-state index in [0.717, 1.165) is 0 Å². The standard InChI is InChI=1S/C18H24FNO3/c1-12(2)18(17(22)23)8-9-20(11-18)16(21)10-13(3)14-6-4-5-7-15(14)19/h4-7,12-13H,8-11H2,1-3H3,(H,22,23). The van der Waals surface area contributed by atoms with Crippen molar-refractivity contribution in [2.45, 2.75) is 39.5 Å². The lowest BCUT2D eigenvalue weighted by Crippen LogP contribution is -2.40. The molecule has 0 radical (unpaired) electrons. The van der Waals surface area contributed by atoms with Gasteiger partial charge in [-0.05, 0) is 29.9 Å². The lowest BCUT2D eigenvalue weighted by molar-refractivity contribution is -0.151. The predicted molar refractivity (Wildman–Crippen MR) is 85.5 cm³/mol. The van der Waals surface area contributed by atoms with Crippen LogP contribution in [0.15, 0.2) is 24.3 Å². The summed E-state index contributed by atoms with van der Waals surface area (Å²) in [4.78, 5) is 25.7. The molecule has 0 spiro atoms. The average Bonchev–Trinajstić information content (AvgIpc) is 2.94. The molecule has 4 nitrogen and oxygen atoms in total. The highest BCUT2D eigenvalue weighted by molar-refractivity contribution is 5.81. The highest BCUT2D eigenvalue weighted by Gasteiger charge is 2.48. The van der Waals surface area contributed by atoms with Gasteiger partial charge in [0.2, 0.25) is 5.91 Å². The summed E-state index contributed by atoms with van der Waals surface area (Å²) in [7, 11) is 0. The number of carbonyl (C=O) groups is 2. The Kier molecular flexibility index (Phi) is 5.07. The first-order valence-electron chi connectivity index (χ1n) is 8.03. The van der Waals surface area contributed by atoms with Crippen molar-refractivity contribution < 1.29 is 19.1 Å². The van der Waals surface area contributed by atoms with Crippen LogP contribution in [0.25, 0.3) is 0 Å². The zero-order chi connectivity index (χ0) is 17.2. The van der Waals surface area contributed by atoms with Crippen molar-refractivity contribution in [3.63, 3.8) is 0 Å². The van der Waals surface area contributed by atoms with Crippen LogP contribution in [0, 0.1) is 17.2 Å². The molecule has 1 fully saturated rings. The summed E-state index contributed by atoms with van der Waals surface area (Å²) in [5.74, 6) is -1.53. The van der Waals surface area contributed by atoms with Crippen LogP contribution < -0.4 is 0 Å². The van der Waals surface area contributed by atoms with Crippen molar-refractivity contribution in [2.75, 3.05) is 13.1 Å². The minimum Gasteiger partial charge on any atom is -0.481 e. The molecule has 0 saturated carbocycles. The van der Waals surface area contributed by atoms with Crippen LogP contribution >= 0.6 is 0 Å². The Morgan fingerprint density at radius 1 is 1.30 bits per heavy atom. The van der Waals surface area contributed by atoms with Crippen molar-refractivity contribution in [2.24, 2.45) is 11.3 Å². The molecule has 1 amide bonds. The first kappa shape index (κ1) is 17.4. The lowest BCUT2D eigenvalue weighted by atomic mass is 9.76. The largest absolute Gasteiger partial charge is 0.481 e. The van der Waals surface area contributed by atoms with E-state index in [9.17, 15) is 19.1 Å². The van der Waals surface area contributed by atoms with Gasteiger partial charge >= 0.3 is 5.97 Å². The number of hydrogen-bond donors (Lipinski definition) is 1. The second-order valence-corrected chi connectivity index (χ2v) is 6.81. The number of carboxylic acids is 1. The summed E-state index contributed by atoms with van der Waals surface area (Å²) < 4.78 is 13.8. The van der Waals surface area contributed by atoms with E-state index in [1.807, 2.05) is 20.8 Å². The maximum absolute atomic E-state index is 13.8. The van der Waals surface area contributed by atoms with Crippen LogP contribution in [0.1, 0.15) is 45.1 Å². The van der Waals surface area contributed by atoms with Crippen LogP contribution in [0.3, 0.4) is 0 Å². The van der Waals surface area contributed by atoms with E-state index in [0.29, 0.717) is 18.5 Å². The van der Waals surface area contributed by atoms with Gasteiger partial charge in [0, 0.05) is 19.5 Å². The maximum atomic E-state index is 13.8. The molecule has 2 rings (SSSR count). The fourth-order valence-electron chi connectivity index (χ4n) is 3.31. The monoisotopic (exact) mass is 321 g/mol. The average molecular weight is 321 g/mol. The normalized spacial score (nSPS) is 22.4. The van der Waals surface area contributed by atoms with Gasteiger partial charge in [0.05, 0.1) is 5.41 Å². The minimum absolute atomic E-state index is 0.0400. The molecule has 1 heterocycles. The third-order valence-corrected chi connectivity index (χ3v) is 5.10. The van der Waals surface area contributed by atoms with Crippen LogP contribution in [-0.2, 0) is 9.59 Å². The number of amides is 1. The van der Waals surface area contributed by atoms with Crippen LogP contribution in [0.2, 0.25) is 0 Å². The highest BCUT2D eigenvalue weighted by Crippen LogP contribution is 2.38. The van der Waals surface area contributed by atoms with Gasteiger partial charge in [0.1, 0.15) is 5.82 Å². The molecule has 0 aromatic heterocycles. The highest BCUT2D eigenvalue weighted by atomic mass is 19.1. The van der Waals surface area contributed by atoms with Gasteiger partial charge in [-0.25, -0.2) is 4.39 Å². The molecule has 126 valence electrons.